The lowest BCUT2D eigenvalue weighted by Gasteiger charge is -2.23. The molecule has 0 radical (unpaired) electrons. The third-order valence-electron chi connectivity index (χ3n) is 3.89. The molecule has 4 heteroatoms. The number of nitrogens with zero attached hydrogens (tertiary/aromatic N) is 1. The number of para-hydroxylation sites is 1. The molecule has 1 aliphatic rings. The van der Waals surface area contributed by atoms with Crippen molar-refractivity contribution in [2.45, 2.75) is 33.2 Å². The van der Waals surface area contributed by atoms with E-state index in [1.54, 1.807) is 13.8 Å². The molecule has 0 aromatic heterocycles. The summed E-state index contributed by atoms with van der Waals surface area (Å²) in [5, 5.41) is 9.12. The van der Waals surface area contributed by atoms with E-state index in [0.717, 1.165) is 31.8 Å². The van der Waals surface area contributed by atoms with Crippen LogP contribution in [0.3, 0.4) is 0 Å². The summed E-state index contributed by atoms with van der Waals surface area (Å²) in [6.07, 6.45) is 1.59. The van der Waals surface area contributed by atoms with Crippen molar-refractivity contribution in [1.82, 2.24) is 4.90 Å². The summed E-state index contributed by atoms with van der Waals surface area (Å²) in [5.74, 6) is 0.253. The normalized spacial score (nSPS) is 16.1. The maximum atomic E-state index is 11.1. The Morgan fingerprint density at radius 2 is 2.15 bits per heavy atom. The molecule has 1 N–H and O–H groups in total. The average Bonchev–Trinajstić information content (AvgIpc) is 2.60. The van der Waals surface area contributed by atoms with E-state index < -0.39 is 11.4 Å². The monoisotopic (exact) mass is 277 g/mol. The number of fused-ring (bicyclic) bond motifs is 1. The Labute approximate surface area is 120 Å². The molecule has 20 heavy (non-hydrogen) atoms. The van der Waals surface area contributed by atoms with Gasteiger partial charge in [-0.25, -0.2) is 0 Å². The lowest BCUT2D eigenvalue weighted by Crippen LogP contribution is -2.29. The van der Waals surface area contributed by atoms with Crippen LogP contribution in [-0.2, 0) is 11.3 Å². The Morgan fingerprint density at radius 1 is 1.40 bits per heavy atom. The summed E-state index contributed by atoms with van der Waals surface area (Å²) in [4.78, 5) is 13.4. The minimum atomic E-state index is -0.720. The molecule has 110 valence electrons. The van der Waals surface area contributed by atoms with Crippen LogP contribution in [-0.4, -0.2) is 35.7 Å². The largest absolute Gasteiger partial charge is 0.492 e. The van der Waals surface area contributed by atoms with Gasteiger partial charge < -0.3 is 9.84 Å². The Hall–Kier alpha value is -1.55. The summed E-state index contributed by atoms with van der Waals surface area (Å²) in [6, 6.07) is 8.12. The molecular formula is C16H23NO3. The number of carboxylic acids is 1. The van der Waals surface area contributed by atoms with Crippen molar-refractivity contribution >= 4 is 5.97 Å². The molecule has 2 rings (SSSR count). The number of benzene rings is 1. The van der Waals surface area contributed by atoms with Gasteiger partial charge in [0.25, 0.3) is 0 Å². The molecular weight excluding hydrogens is 254 g/mol. The van der Waals surface area contributed by atoms with Crippen LogP contribution in [0.4, 0.5) is 0 Å². The van der Waals surface area contributed by atoms with Crippen LogP contribution in [0.5, 0.6) is 5.75 Å². The van der Waals surface area contributed by atoms with Crippen molar-refractivity contribution in [2.24, 2.45) is 5.41 Å². The minimum absolute atomic E-state index is 0.639. The van der Waals surface area contributed by atoms with E-state index in [1.807, 2.05) is 18.2 Å². The predicted octanol–water partition coefficient (Wildman–Crippen LogP) is 2.77. The van der Waals surface area contributed by atoms with Crippen LogP contribution >= 0.6 is 0 Å². The van der Waals surface area contributed by atoms with Crippen molar-refractivity contribution in [1.29, 1.82) is 0 Å². The second-order valence-electron chi connectivity index (χ2n) is 6.02. The highest BCUT2D eigenvalue weighted by Crippen LogP contribution is 2.25. The van der Waals surface area contributed by atoms with E-state index in [4.69, 9.17) is 9.84 Å². The first-order valence-corrected chi connectivity index (χ1v) is 7.15. The smallest absolute Gasteiger partial charge is 0.309 e. The summed E-state index contributed by atoms with van der Waals surface area (Å²) in [6.45, 7) is 6.95. The number of hydrogen-bond donors (Lipinski definition) is 1. The number of carboxylic acid groups (broad SMARTS) is 1. The molecule has 0 fully saturated rings. The molecule has 4 nitrogen and oxygen atoms in total. The van der Waals surface area contributed by atoms with Gasteiger partial charge in [-0.15, -0.1) is 0 Å². The number of carbonyl (C=O) groups is 1. The third kappa shape index (κ3) is 3.73. The van der Waals surface area contributed by atoms with Crippen LogP contribution in [0, 0.1) is 5.41 Å². The Bertz CT molecular complexity index is 471. The Kier molecular flexibility index (Phi) is 4.65. The highest BCUT2D eigenvalue weighted by atomic mass is 16.5. The van der Waals surface area contributed by atoms with Gasteiger partial charge in [0, 0.05) is 18.7 Å². The second kappa shape index (κ2) is 6.27. The number of aliphatic carboxylic acids is 1. The van der Waals surface area contributed by atoms with E-state index in [9.17, 15) is 4.79 Å². The lowest BCUT2D eigenvalue weighted by atomic mass is 9.88. The lowest BCUT2D eigenvalue weighted by molar-refractivity contribution is -0.147. The summed E-state index contributed by atoms with van der Waals surface area (Å²) in [7, 11) is 0. The van der Waals surface area contributed by atoms with Gasteiger partial charge in [0.1, 0.15) is 12.4 Å². The first kappa shape index (κ1) is 14.9. The SMILES string of the molecule is CC(C)(CCCN1CCOc2ccccc2C1)C(=O)O. The molecule has 0 unspecified atom stereocenters. The van der Waals surface area contributed by atoms with Gasteiger partial charge in [0.2, 0.25) is 0 Å². The van der Waals surface area contributed by atoms with Crippen molar-refractivity contribution in [3.8, 4) is 5.75 Å². The molecule has 1 aliphatic heterocycles. The Morgan fingerprint density at radius 3 is 2.90 bits per heavy atom. The van der Waals surface area contributed by atoms with E-state index in [0.29, 0.717) is 13.0 Å². The van der Waals surface area contributed by atoms with Crippen LogP contribution in [0.25, 0.3) is 0 Å². The fourth-order valence-corrected chi connectivity index (χ4v) is 2.42. The fourth-order valence-electron chi connectivity index (χ4n) is 2.42. The predicted molar refractivity (Wildman–Crippen MR) is 77.9 cm³/mol. The summed E-state index contributed by atoms with van der Waals surface area (Å²) < 4.78 is 5.73. The van der Waals surface area contributed by atoms with Crippen molar-refractivity contribution < 1.29 is 14.6 Å². The summed E-state index contributed by atoms with van der Waals surface area (Å²) in [5.41, 5.74) is 0.572. The highest BCUT2D eigenvalue weighted by Gasteiger charge is 2.26. The summed E-state index contributed by atoms with van der Waals surface area (Å²) >= 11 is 0. The first-order valence-electron chi connectivity index (χ1n) is 7.15. The van der Waals surface area contributed by atoms with Gasteiger partial charge in [-0.05, 0) is 39.3 Å². The number of rotatable bonds is 5. The molecule has 0 bridgehead atoms. The molecule has 0 saturated heterocycles. The van der Waals surface area contributed by atoms with Gasteiger partial charge in [-0.3, -0.25) is 9.69 Å². The second-order valence-corrected chi connectivity index (χ2v) is 6.02. The third-order valence-corrected chi connectivity index (χ3v) is 3.89. The number of hydrogen-bond acceptors (Lipinski definition) is 3. The highest BCUT2D eigenvalue weighted by molar-refractivity contribution is 5.73. The van der Waals surface area contributed by atoms with Crippen molar-refractivity contribution in [3.05, 3.63) is 29.8 Å². The van der Waals surface area contributed by atoms with Gasteiger partial charge in [0.05, 0.1) is 5.41 Å². The maximum Gasteiger partial charge on any atom is 0.309 e. The standard InChI is InChI=1S/C16H23NO3/c1-16(2,15(18)19)8-5-9-17-10-11-20-14-7-4-3-6-13(14)12-17/h3-4,6-7H,5,8-12H2,1-2H3,(H,18,19). The molecule has 1 aromatic rings. The fraction of sp³-hybridized carbons (Fsp3) is 0.562. The topological polar surface area (TPSA) is 49.8 Å². The number of ether oxygens (including phenoxy) is 1. The van der Waals surface area contributed by atoms with Crippen LogP contribution in [0.2, 0.25) is 0 Å². The average molecular weight is 277 g/mol. The van der Waals surface area contributed by atoms with E-state index in [1.165, 1.54) is 5.56 Å². The molecule has 0 aliphatic carbocycles. The zero-order valence-corrected chi connectivity index (χ0v) is 12.3. The molecule has 0 spiro atoms. The van der Waals surface area contributed by atoms with Gasteiger partial charge in [-0.2, -0.15) is 0 Å². The quantitative estimate of drug-likeness (QED) is 0.899. The zero-order valence-electron chi connectivity index (χ0n) is 12.3. The zero-order chi connectivity index (χ0) is 14.6. The van der Waals surface area contributed by atoms with E-state index >= 15 is 0 Å². The van der Waals surface area contributed by atoms with Gasteiger partial charge in [0.15, 0.2) is 0 Å². The van der Waals surface area contributed by atoms with Crippen LogP contribution in [0.15, 0.2) is 24.3 Å². The van der Waals surface area contributed by atoms with Crippen molar-refractivity contribution in [2.75, 3.05) is 19.7 Å². The van der Waals surface area contributed by atoms with Crippen molar-refractivity contribution in [3.63, 3.8) is 0 Å². The van der Waals surface area contributed by atoms with Crippen LogP contribution in [0.1, 0.15) is 32.3 Å². The Balaban J connectivity index is 1.87. The van der Waals surface area contributed by atoms with Gasteiger partial charge >= 0.3 is 5.97 Å². The molecule has 1 heterocycles. The first-order chi connectivity index (χ1) is 9.49. The molecule has 0 saturated carbocycles. The molecule has 0 atom stereocenters. The van der Waals surface area contributed by atoms with E-state index in [2.05, 4.69) is 11.0 Å². The minimum Gasteiger partial charge on any atom is -0.492 e. The van der Waals surface area contributed by atoms with Crippen LogP contribution < -0.4 is 4.74 Å². The molecule has 0 amide bonds. The maximum absolute atomic E-state index is 11.1. The van der Waals surface area contributed by atoms with E-state index in [-0.39, 0.29) is 0 Å². The molecule has 1 aromatic carbocycles. The van der Waals surface area contributed by atoms with Gasteiger partial charge in [-0.1, -0.05) is 18.2 Å².